The maximum atomic E-state index is 12.4. The van der Waals surface area contributed by atoms with E-state index < -0.39 is 5.60 Å². The summed E-state index contributed by atoms with van der Waals surface area (Å²) in [5, 5.41) is 28.6. The SMILES string of the molecule is C#CCC(=O)N1C[C@@H](C)C[C@@H](Nc2c(-c3ncc(C(C)(C)O)o3)cnc3[nH]ccc23)C1.C#CCC(=O)N1C[C@@H](C)C[C@@H](Nc2c(-c3ncc(CO)o3)cnc3[nH]ccc23)C1. The van der Waals surface area contributed by atoms with Crippen LogP contribution in [0.25, 0.3) is 45.0 Å². The molecular weight excluding hydrogens is 765 g/mol. The summed E-state index contributed by atoms with van der Waals surface area (Å²) < 4.78 is 11.5. The molecule has 6 N–H and O–H groups in total. The minimum atomic E-state index is -1.14. The lowest BCUT2D eigenvalue weighted by atomic mass is 9.95. The number of pyridine rings is 2. The number of carbonyl (C=O) groups is 2. The molecule has 60 heavy (non-hydrogen) atoms. The number of anilines is 2. The number of amides is 2. The Morgan fingerprint density at radius 1 is 0.783 bits per heavy atom. The van der Waals surface area contributed by atoms with Gasteiger partial charge in [-0.2, -0.15) is 0 Å². The molecule has 0 spiro atoms. The third-order valence-electron chi connectivity index (χ3n) is 10.7. The smallest absolute Gasteiger partial charge is 0.234 e. The number of aliphatic hydroxyl groups is 2. The molecule has 8 heterocycles. The van der Waals surface area contributed by atoms with Gasteiger partial charge in [0.1, 0.15) is 29.3 Å². The molecule has 0 aromatic carbocycles. The molecule has 312 valence electrons. The molecule has 2 aliphatic heterocycles. The maximum Gasteiger partial charge on any atom is 0.234 e. The van der Waals surface area contributed by atoms with Crippen LogP contribution >= 0.6 is 0 Å². The van der Waals surface area contributed by atoms with Crippen LogP contribution in [0.1, 0.15) is 64.9 Å². The van der Waals surface area contributed by atoms with E-state index in [1.54, 1.807) is 26.2 Å². The van der Waals surface area contributed by atoms with E-state index in [2.05, 4.69) is 66.2 Å². The molecule has 0 bridgehead atoms. The van der Waals surface area contributed by atoms with Crippen molar-refractivity contribution in [2.24, 2.45) is 11.8 Å². The third-order valence-corrected chi connectivity index (χ3v) is 10.7. The Hall–Kier alpha value is -6.62. The number of nitrogens with zero attached hydrogens (tertiary/aromatic N) is 6. The standard InChI is InChI=1S/C23H27N5O3.C21H23N5O3/c1-5-6-19(29)28-12-14(2)9-15(13-28)27-20-16-7-8-24-21(16)25-10-17(20)22-26-11-18(31-22)23(3,4)30;1-3-4-18(28)26-10-13(2)7-14(11-26)25-19-16-5-6-22-20(16)23-9-17(19)21-24-8-15(12-27)29-21/h1,7-8,10-11,14-15,30H,6,9,12-13H2,2-4H3,(H2,24,25,27);1,5-6,8-9,13-14,27H,4,7,10-12H2,2H3,(H2,22,23,25)/t14-,15+;13-,14+/m00/s1. The number of aromatic amines is 2. The monoisotopic (exact) mass is 814 g/mol. The first-order chi connectivity index (χ1) is 28.8. The van der Waals surface area contributed by atoms with Gasteiger partial charge in [-0.25, -0.2) is 19.9 Å². The van der Waals surface area contributed by atoms with E-state index in [1.807, 2.05) is 34.3 Å². The summed E-state index contributed by atoms with van der Waals surface area (Å²) in [5.41, 5.74) is 3.42. The average Bonchev–Trinajstić information content (AvgIpc) is 4.05. The normalized spacial score (nSPS) is 19.3. The largest absolute Gasteiger partial charge is 0.439 e. The van der Waals surface area contributed by atoms with Crippen molar-refractivity contribution in [1.82, 2.24) is 39.7 Å². The van der Waals surface area contributed by atoms with E-state index in [0.29, 0.717) is 72.4 Å². The number of hydrogen-bond acceptors (Lipinski definition) is 12. The highest BCUT2D eigenvalue weighted by atomic mass is 16.4. The van der Waals surface area contributed by atoms with Crippen molar-refractivity contribution < 1.29 is 28.6 Å². The lowest BCUT2D eigenvalue weighted by Gasteiger charge is -2.37. The number of carbonyl (C=O) groups excluding carboxylic acids is 2. The molecular formula is C44H50N10O6. The van der Waals surface area contributed by atoms with Crippen molar-refractivity contribution in [3.8, 4) is 47.6 Å². The average molecular weight is 815 g/mol. The molecule has 2 saturated heterocycles. The second kappa shape index (κ2) is 17.7. The maximum absolute atomic E-state index is 12.4. The fraction of sp³-hybridized carbons (Fsp3) is 0.409. The molecule has 2 aliphatic rings. The summed E-state index contributed by atoms with van der Waals surface area (Å²) in [6, 6.07) is 3.97. The highest BCUT2D eigenvalue weighted by Gasteiger charge is 2.31. The molecule has 4 atom stereocenters. The van der Waals surface area contributed by atoms with Crippen LogP contribution in [0.4, 0.5) is 11.4 Å². The second-order valence-corrected chi connectivity index (χ2v) is 16.2. The second-order valence-electron chi connectivity index (χ2n) is 16.2. The topological polar surface area (TPSA) is 215 Å². The van der Waals surface area contributed by atoms with Crippen molar-refractivity contribution in [3.05, 3.63) is 60.8 Å². The predicted octanol–water partition coefficient (Wildman–Crippen LogP) is 5.50. The van der Waals surface area contributed by atoms with Crippen molar-refractivity contribution in [3.63, 3.8) is 0 Å². The van der Waals surface area contributed by atoms with Crippen molar-refractivity contribution >= 4 is 45.3 Å². The van der Waals surface area contributed by atoms with Crippen LogP contribution in [0.5, 0.6) is 0 Å². The molecule has 2 fully saturated rings. The van der Waals surface area contributed by atoms with Crippen LogP contribution in [0.2, 0.25) is 0 Å². The van der Waals surface area contributed by atoms with Gasteiger partial charge >= 0.3 is 0 Å². The fourth-order valence-corrected chi connectivity index (χ4v) is 7.96. The highest BCUT2D eigenvalue weighted by Crippen LogP contribution is 2.37. The molecule has 16 heteroatoms. The molecule has 0 unspecified atom stereocenters. The Kier molecular flexibility index (Phi) is 12.3. The number of oxazole rings is 2. The van der Waals surface area contributed by atoms with E-state index >= 15 is 0 Å². The van der Waals surface area contributed by atoms with Gasteiger partial charge in [-0.15, -0.1) is 12.8 Å². The first-order valence-corrected chi connectivity index (χ1v) is 20.0. The van der Waals surface area contributed by atoms with Crippen LogP contribution in [0.15, 0.2) is 58.1 Å². The first-order valence-electron chi connectivity index (χ1n) is 20.0. The van der Waals surface area contributed by atoms with Crippen LogP contribution in [-0.2, 0) is 21.8 Å². The summed E-state index contributed by atoms with van der Waals surface area (Å²) in [6.07, 6.45) is 22.8. The van der Waals surface area contributed by atoms with Crippen LogP contribution in [-0.4, -0.2) is 100.0 Å². The van der Waals surface area contributed by atoms with Crippen molar-refractivity contribution in [2.45, 2.75) is 77.7 Å². The molecule has 0 radical (unpaired) electrons. The molecule has 0 saturated carbocycles. The van der Waals surface area contributed by atoms with Crippen molar-refractivity contribution in [2.75, 3.05) is 36.8 Å². The summed E-state index contributed by atoms with van der Waals surface area (Å²) in [7, 11) is 0. The van der Waals surface area contributed by atoms with Gasteiger partial charge in [0.15, 0.2) is 5.76 Å². The molecule has 0 aliphatic carbocycles. The zero-order valence-corrected chi connectivity index (χ0v) is 34.2. The van der Waals surface area contributed by atoms with Gasteiger partial charge < -0.3 is 49.4 Å². The minimum absolute atomic E-state index is 0.0205. The molecule has 16 nitrogen and oxygen atoms in total. The Morgan fingerprint density at radius 2 is 1.27 bits per heavy atom. The van der Waals surface area contributed by atoms with Gasteiger partial charge in [0, 0.05) is 73.8 Å². The van der Waals surface area contributed by atoms with E-state index in [0.717, 1.165) is 46.3 Å². The first kappa shape index (κ1) is 41.5. The van der Waals surface area contributed by atoms with Crippen LogP contribution in [0, 0.1) is 36.5 Å². The van der Waals surface area contributed by atoms with Gasteiger partial charge in [-0.05, 0) is 50.7 Å². The summed E-state index contributed by atoms with van der Waals surface area (Å²) in [5.74, 6) is 7.04. The lowest BCUT2D eigenvalue weighted by Crippen LogP contribution is -2.48. The minimum Gasteiger partial charge on any atom is -0.439 e. The Bertz CT molecular complexity index is 2550. The summed E-state index contributed by atoms with van der Waals surface area (Å²) in [6.45, 7) is 9.90. The fourth-order valence-electron chi connectivity index (χ4n) is 7.96. The van der Waals surface area contributed by atoms with Gasteiger partial charge in [-0.1, -0.05) is 25.7 Å². The van der Waals surface area contributed by atoms with Gasteiger partial charge in [-0.3, -0.25) is 9.59 Å². The van der Waals surface area contributed by atoms with Gasteiger partial charge in [0.25, 0.3) is 0 Å². The number of aromatic nitrogens is 6. The number of terminal acetylenes is 2. The van der Waals surface area contributed by atoms with E-state index in [9.17, 15) is 19.8 Å². The zero-order valence-electron chi connectivity index (χ0n) is 34.2. The Balaban J connectivity index is 0.000000182. The van der Waals surface area contributed by atoms with Gasteiger partial charge in [0.2, 0.25) is 23.6 Å². The van der Waals surface area contributed by atoms with Gasteiger partial charge in [0.05, 0.1) is 47.7 Å². The number of rotatable bonds is 10. The summed E-state index contributed by atoms with van der Waals surface area (Å²) in [4.78, 5) is 52.2. The molecule has 8 rings (SSSR count). The number of fused-ring (bicyclic) bond motifs is 2. The number of aliphatic hydroxyl groups excluding tert-OH is 1. The van der Waals surface area contributed by atoms with E-state index in [-0.39, 0.29) is 43.3 Å². The number of H-pyrrole nitrogens is 2. The van der Waals surface area contributed by atoms with Crippen LogP contribution in [0.3, 0.4) is 0 Å². The third kappa shape index (κ3) is 9.15. The predicted molar refractivity (Wildman–Crippen MR) is 227 cm³/mol. The number of nitrogens with one attached hydrogen (secondary N) is 4. The van der Waals surface area contributed by atoms with E-state index in [1.165, 1.54) is 12.4 Å². The Labute approximate surface area is 347 Å². The molecule has 2 amide bonds. The zero-order chi connectivity index (χ0) is 42.6. The molecule has 6 aromatic heterocycles. The van der Waals surface area contributed by atoms with Crippen LogP contribution < -0.4 is 10.6 Å². The van der Waals surface area contributed by atoms with Crippen molar-refractivity contribution in [1.29, 1.82) is 0 Å². The molecule has 6 aromatic rings. The van der Waals surface area contributed by atoms with E-state index in [4.69, 9.17) is 21.7 Å². The number of hydrogen-bond donors (Lipinski definition) is 6. The number of piperidine rings is 2. The quantitative estimate of drug-likeness (QED) is 0.0947. The lowest BCUT2D eigenvalue weighted by molar-refractivity contribution is -0.132. The summed E-state index contributed by atoms with van der Waals surface area (Å²) >= 11 is 0. The number of likely N-dealkylation sites (tertiary alicyclic amines) is 2. The highest BCUT2D eigenvalue weighted by molar-refractivity contribution is 5.98. The Morgan fingerprint density at radius 3 is 1.70 bits per heavy atom.